The first kappa shape index (κ1) is 16.9. The van der Waals surface area contributed by atoms with Crippen LogP contribution in [0.1, 0.15) is 44.0 Å². The van der Waals surface area contributed by atoms with E-state index in [2.05, 4.69) is 20.7 Å². The van der Waals surface area contributed by atoms with Gasteiger partial charge < -0.3 is 15.4 Å². The minimum atomic E-state index is -0.212. The lowest BCUT2D eigenvalue weighted by atomic mass is 9.89. The highest BCUT2D eigenvalue weighted by Crippen LogP contribution is 2.41. The van der Waals surface area contributed by atoms with Crippen molar-refractivity contribution in [3.8, 4) is 5.75 Å². The van der Waals surface area contributed by atoms with Crippen molar-refractivity contribution in [2.45, 2.75) is 39.2 Å². The molecule has 0 radical (unpaired) electrons. The van der Waals surface area contributed by atoms with E-state index in [9.17, 15) is 9.59 Å². The fourth-order valence-corrected chi connectivity index (χ4v) is 3.01. The summed E-state index contributed by atoms with van der Waals surface area (Å²) < 4.78 is 7.22. The second kappa shape index (κ2) is 6.92. The summed E-state index contributed by atoms with van der Waals surface area (Å²) in [6.07, 6.45) is 2.14. The van der Waals surface area contributed by atoms with Crippen LogP contribution in [-0.4, -0.2) is 33.7 Å². The highest BCUT2D eigenvalue weighted by molar-refractivity contribution is 5.98. The van der Waals surface area contributed by atoms with E-state index in [0.717, 1.165) is 11.4 Å². The molecule has 132 valence electrons. The standard InChI is InChI=1S/C17H21N5O3/c1-4-15(23)21-13-8-12-10(6-14(13)25-3)11(7-16(24)20-12)17-18-9-19-22(17)5-2/h6,8-9,11H,4-5,7H2,1-3H3,(H,20,24)(H,21,23)/t11-/m1/s1. The van der Waals surface area contributed by atoms with E-state index < -0.39 is 0 Å². The predicted molar refractivity (Wildman–Crippen MR) is 92.7 cm³/mol. The zero-order chi connectivity index (χ0) is 18.0. The van der Waals surface area contributed by atoms with E-state index in [4.69, 9.17) is 4.74 Å². The third kappa shape index (κ3) is 3.19. The Kier molecular flexibility index (Phi) is 4.69. The molecular weight excluding hydrogens is 322 g/mol. The fraction of sp³-hybridized carbons (Fsp3) is 0.412. The minimum Gasteiger partial charge on any atom is -0.495 e. The van der Waals surface area contributed by atoms with Crippen molar-refractivity contribution in [2.75, 3.05) is 17.7 Å². The quantitative estimate of drug-likeness (QED) is 0.866. The number of carbonyl (C=O) groups excluding carboxylic acids is 2. The highest BCUT2D eigenvalue weighted by Gasteiger charge is 2.31. The van der Waals surface area contributed by atoms with Crippen molar-refractivity contribution in [3.63, 3.8) is 0 Å². The van der Waals surface area contributed by atoms with Crippen LogP contribution in [0.15, 0.2) is 18.5 Å². The molecule has 8 nitrogen and oxygen atoms in total. The summed E-state index contributed by atoms with van der Waals surface area (Å²) in [6.45, 7) is 4.42. The van der Waals surface area contributed by atoms with Crippen molar-refractivity contribution >= 4 is 23.2 Å². The summed E-state index contributed by atoms with van der Waals surface area (Å²) in [5.41, 5.74) is 2.08. The fourth-order valence-electron chi connectivity index (χ4n) is 3.01. The molecular formula is C17H21N5O3. The van der Waals surface area contributed by atoms with Crippen LogP contribution in [0.5, 0.6) is 5.75 Å². The molecule has 1 atom stereocenters. The number of hydrogen-bond donors (Lipinski definition) is 2. The molecule has 0 fully saturated rings. The number of benzene rings is 1. The number of nitrogens with zero attached hydrogens (tertiary/aromatic N) is 3. The van der Waals surface area contributed by atoms with E-state index >= 15 is 0 Å². The average molecular weight is 343 g/mol. The number of fused-ring (bicyclic) bond motifs is 1. The van der Waals surface area contributed by atoms with Gasteiger partial charge in [0, 0.05) is 25.1 Å². The smallest absolute Gasteiger partial charge is 0.225 e. The molecule has 0 spiro atoms. The molecule has 25 heavy (non-hydrogen) atoms. The topological polar surface area (TPSA) is 98.1 Å². The summed E-state index contributed by atoms with van der Waals surface area (Å²) in [5, 5.41) is 9.87. The Morgan fingerprint density at radius 3 is 2.92 bits per heavy atom. The van der Waals surface area contributed by atoms with Crippen LogP contribution in [0.3, 0.4) is 0 Å². The number of nitrogens with one attached hydrogen (secondary N) is 2. The van der Waals surface area contributed by atoms with Crippen LogP contribution in [0, 0.1) is 0 Å². The van der Waals surface area contributed by atoms with Gasteiger partial charge in [-0.1, -0.05) is 6.92 Å². The molecule has 1 aromatic carbocycles. The van der Waals surface area contributed by atoms with Crippen molar-refractivity contribution in [1.29, 1.82) is 0 Å². The van der Waals surface area contributed by atoms with Crippen molar-refractivity contribution in [2.24, 2.45) is 0 Å². The molecule has 3 rings (SSSR count). The lowest BCUT2D eigenvalue weighted by Gasteiger charge is -2.27. The number of amides is 2. The zero-order valence-corrected chi connectivity index (χ0v) is 14.5. The molecule has 0 saturated heterocycles. The molecule has 2 amide bonds. The van der Waals surface area contributed by atoms with Crippen LogP contribution >= 0.6 is 0 Å². The van der Waals surface area contributed by atoms with Crippen molar-refractivity contribution < 1.29 is 14.3 Å². The molecule has 0 bridgehead atoms. The van der Waals surface area contributed by atoms with Crippen LogP contribution in [0.2, 0.25) is 0 Å². The summed E-state index contributed by atoms with van der Waals surface area (Å²) in [5.74, 6) is 0.857. The van der Waals surface area contributed by atoms with Crippen molar-refractivity contribution in [3.05, 3.63) is 29.8 Å². The molecule has 2 N–H and O–H groups in total. The van der Waals surface area contributed by atoms with Gasteiger partial charge >= 0.3 is 0 Å². The van der Waals surface area contributed by atoms with Gasteiger partial charge in [-0.25, -0.2) is 9.67 Å². The van der Waals surface area contributed by atoms with Gasteiger partial charge in [0.25, 0.3) is 0 Å². The van der Waals surface area contributed by atoms with Crippen LogP contribution in [0.25, 0.3) is 0 Å². The monoisotopic (exact) mass is 343 g/mol. The average Bonchev–Trinajstić information content (AvgIpc) is 3.08. The molecule has 1 aromatic heterocycles. The number of rotatable bonds is 5. The first-order chi connectivity index (χ1) is 12.1. The molecule has 2 aromatic rings. The van der Waals surface area contributed by atoms with Gasteiger partial charge in [0.15, 0.2) is 0 Å². The Balaban J connectivity index is 2.08. The first-order valence-electron chi connectivity index (χ1n) is 8.26. The zero-order valence-electron chi connectivity index (χ0n) is 14.5. The molecule has 1 aliphatic heterocycles. The van der Waals surface area contributed by atoms with Gasteiger partial charge in [0.1, 0.15) is 17.9 Å². The second-order valence-electron chi connectivity index (χ2n) is 5.78. The van der Waals surface area contributed by atoms with Crippen LogP contribution in [-0.2, 0) is 16.1 Å². The van der Waals surface area contributed by atoms with E-state index in [1.165, 1.54) is 6.33 Å². The van der Waals surface area contributed by atoms with Gasteiger partial charge in [-0.2, -0.15) is 5.10 Å². The number of aromatic nitrogens is 3. The van der Waals surface area contributed by atoms with Gasteiger partial charge in [-0.15, -0.1) is 0 Å². The van der Waals surface area contributed by atoms with E-state index in [1.54, 1.807) is 24.8 Å². The maximum atomic E-state index is 12.2. The van der Waals surface area contributed by atoms with Crippen molar-refractivity contribution in [1.82, 2.24) is 14.8 Å². The minimum absolute atomic E-state index is 0.0962. The number of carbonyl (C=O) groups is 2. The molecule has 1 aliphatic rings. The lowest BCUT2D eigenvalue weighted by molar-refractivity contribution is -0.117. The Bertz CT molecular complexity index is 815. The number of methoxy groups -OCH3 is 1. The van der Waals surface area contributed by atoms with Crippen LogP contribution < -0.4 is 15.4 Å². The van der Waals surface area contributed by atoms with E-state index in [1.807, 2.05) is 13.0 Å². The number of ether oxygens (including phenoxy) is 1. The predicted octanol–water partition coefficient (Wildman–Crippen LogP) is 2.13. The maximum absolute atomic E-state index is 12.2. The molecule has 8 heteroatoms. The van der Waals surface area contributed by atoms with Crippen LogP contribution in [0.4, 0.5) is 11.4 Å². The third-order valence-electron chi connectivity index (χ3n) is 4.26. The van der Waals surface area contributed by atoms with Gasteiger partial charge in [0.2, 0.25) is 11.8 Å². The normalized spacial score (nSPS) is 16.1. The van der Waals surface area contributed by atoms with Gasteiger partial charge in [-0.05, 0) is 24.6 Å². The SMILES string of the molecule is CCC(=O)Nc1cc2c(cc1OC)[C@H](c1ncnn1CC)CC(=O)N2. The molecule has 0 unspecified atom stereocenters. The summed E-state index contributed by atoms with van der Waals surface area (Å²) >= 11 is 0. The molecule has 0 saturated carbocycles. The lowest BCUT2D eigenvalue weighted by Crippen LogP contribution is -2.26. The summed E-state index contributed by atoms with van der Waals surface area (Å²) in [4.78, 5) is 28.3. The van der Waals surface area contributed by atoms with E-state index in [0.29, 0.717) is 30.1 Å². The largest absolute Gasteiger partial charge is 0.495 e. The maximum Gasteiger partial charge on any atom is 0.225 e. The Morgan fingerprint density at radius 2 is 2.24 bits per heavy atom. The number of aryl methyl sites for hydroxylation is 1. The highest BCUT2D eigenvalue weighted by atomic mass is 16.5. The Hall–Kier alpha value is -2.90. The molecule has 0 aliphatic carbocycles. The third-order valence-corrected chi connectivity index (χ3v) is 4.26. The summed E-state index contributed by atoms with van der Waals surface area (Å²) in [7, 11) is 1.55. The van der Waals surface area contributed by atoms with Gasteiger partial charge in [-0.3, -0.25) is 9.59 Å². The van der Waals surface area contributed by atoms with E-state index in [-0.39, 0.29) is 24.2 Å². The Morgan fingerprint density at radius 1 is 1.44 bits per heavy atom. The number of hydrogen-bond acceptors (Lipinski definition) is 5. The summed E-state index contributed by atoms with van der Waals surface area (Å²) in [6, 6.07) is 3.58. The molecule has 2 heterocycles. The first-order valence-corrected chi connectivity index (χ1v) is 8.26. The Labute approximate surface area is 145 Å². The van der Waals surface area contributed by atoms with Gasteiger partial charge in [0.05, 0.1) is 18.7 Å². The number of anilines is 2. The second-order valence-corrected chi connectivity index (χ2v) is 5.78.